The van der Waals surface area contributed by atoms with Gasteiger partial charge in [0.1, 0.15) is 11.5 Å². The maximum atomic E-state index is 12.1. The zero-order valence-electron chi connectivity index (χ0n) is 12.2. The quantitative estimate of drug-likeness (QED) is 0.812. The first-order chi connectivity index (χ1) is 10.6. The van der Waals surface area contributed by atoms with Crippen LogP contribution in [0.4, 0.5) is 0 Å². The van der Waals surface area contributed by atoms with Gasteiger partial charge in [-0.15, -0.1) is 0 Å². The Morgan fingerprint density at radius 1 is 1.14 bits per heavy atom. The van der Waals surface area contributed by atoms with Crippen LogP contribution in [-0.2, 0) is 17.6 Å². The van der Waals surface area contributed by atoms with Crippen LogP contribution in [0.2, 0.25) is 0 Å². The highest BCUT2D eigenvalue weighted by Gasteiger charge is 2.24. The predicted molar refractivity (Wildman–Crippen MR) is 83.7 cm³/mol. The molecule has 3 N–H and O–H groups in total. The Bertz CT molecular complexity index is 696. The molecule has 0 spiro atoms. The second kappa shape index (κ2) is 6.10. The van der Waals surface area contributed by atoms with Crippen LogP contribution in [-0.4, -0.2) is 16.1 Å². The number of carbonyl (C=O) groups excluding carboxylic acids is 1. The van der Waals surface area contributed by atoms with E-state index in [1.807, 2.05) is 12.1 Å². The smallest absolute Gasteiger partial charge is 0.220 e. The van der Waals surface area contributed by atoms with Crippen molar-refractivity contribution in [3.8, 4) is 11.5 Å². The first kappa shape index (κ1) is 14.4. The van der Waals surface area contributed by atoms with Crippen molar-refractivity contribution in [3.63, 3.8) is 0 Å². The van der Waals surface area contributed by atoms with Crippen LogP contribution < -0.4 is 5.32 Å². The van der Waals surface area contributed by atoms with E-state index >= 15 is 0 Å². The van der Waals surface area contributed by atoms with E-state index in [0.29, 0.717) is 12.8 Å². The van der Waals surface area contributed by atoms with Gasteiger partial charge in [0.15, 0.2) is 0 Å². The van der Waals surface area contributed by atoms with Crippen molar-refractivity contribution in [3.05, 3.63) is 59.2 Å². The normalized spacial score (nSPS) is 16.3. The Morgan fingerprint density at radius 2 is 1.95 bits per heavy atom. The minimum absolute atomic E-state index is 0.00969. The average molecular weight is 297 g/mol. The molecule has 0 radical (unpaired) electrons. The van der Waals surface area contributed by atoms with E-state index in [1.54, 1.807) is 30.3 Å². The van der Waals surface area contributed by atoms with Crippen molar-refractivity contribution >= 4 is 5.91 Å². The van der Waals surface area contributed by atoms with Crippen LogP contribution in [0, 0.1) is 0 Å². The van der Waals surface area contributed by atoms with Gasteiger partial charge < -0.3 is 15.5 Å². The molecule has 114 valence electrons. The molecular formula is C18H19NO3. The number of aryl methyl sites for hydroxylation is 2. The lowest BCUT2D eigenvalue weighted by Crippen LogP contribution is -2.27. The van der Waals surface area contributed by atoms with Crippen molar-refractivity contribution in [1.29, 1.82) is 0 Å². The van der Waals surface area contributed by atoms with E-state index in [-0.39, 0.29) is 23.4 Å². The van der Waals surface area contributed by atoms with Crippen LogP contribution in [0.15, 0.2) is 42.5 Å². The summed E-state index contributed by atoms with van der Waals surface area (Å²) in [7, 11) is 0. The largest absolute Gasteiger partial charge is 0.508 e. The summed E-state index contributed by atoms with van der Waals surface area (Å²) in [6.45, 7) is 0. The Labute approximate surface area is 129 Å². The Kier molecular flexibility index (Phi) is 4.00. The molecule has 2 aromatic carbocycles. The molecule has 3 rings (SSSR count). The van der Waals surface area contributed by atoms with E-state index in [9.17, 15) is 15.0 Å². The number of hydrogen-bond acceptors (Lipinski definition) is 3. The summed E-state index contributed by atoms with van der Waals surface area (Å²) >= 11 is 0. The number of benzene rings is 2. The summed E-state index contributed by atoms with van der Waals surface area (Å²) < 4.78 is 0. The third kappa shape index (κ3) is 3.22. The number of aromatic hydroxyl groups is 2. The molecule has 1 atom stereocenters. The Morgan fingerprint density at radius 3 is 2.77 bits per heavy atom. The summed E-state index contributed by atoms with van der Waals surface area (Å²) in [6, 6.07) is 12.3. The molecule has 1 aliphatic carbocycles. The summed E-state index contributed by atoms with van der Waals surface area (Å²) in [5.41, 5.74) is 3.15. The van der Waals surface area contributed by atoms with Gasteiger partial charge in [0.25, 0.3) is 0 Å². The SMILES string of the molecule is O=C(CCc1cccc(O)c1)NC1CCc2ccc(O)cc21. The molecule has 0 aromatic heterocycles. The lowest BCUT2D eigenvalue weighted by Gasteiger charge is -2.14. The van der Waals surface area contributed by atoms with Gasteiger partial charge in [0, 0.05) is 6.42 Å². The zero-order valence-corrected chi connectivity index (χ0v) is 12.2. The Balaban J connectivity index is 1.58. The van der Waals surface area contributed by atoms with Gasteiger partial charge in [-0.25, -0.2) is 0 Å². The minimum Gasteiger partial charge on any atom is -0.508 e. The molecule has 1 aliphatic rings. The highest BCUT2D eigenvalue weighted by molar-refractivity contribution is 5.77. The minimum atomic E-state index is -0.0150. The first-order valence-corrected chi connectivity index (χ1v) is 7.51. The monoisotopic (exact) mass is 297 g/mol. The highest BCUT2D eigenvalue weighted by atomic mass is 16.3. The molecular weight excluding hydrogens is 278 g/mol. The second-order valence-electron chi connectivity index (χ2n) is 5.71. The highest BCUT2D eigenvalue weighted by Crippen LogP contribution is 2.33. The second-order valence-corrected chi connectivity index (χ2v) is 5.71. The molecule has 0 saturated heterocycles. The summed E-state index contributed by atoms with van der Waals surface area (Å²) in [5, 5.41) is 22.0. The molecule has 2 aromatic rings. The van der Waals surface area contributed by atoms with Crippen molar-refractivity contribution < 1.29 is 15.0 Å². The van der Waals surface area contributed by atoms with Gasteiger partial charge in [-0.3, -0.25) is 4.79 Å². The molecule has 0 heterocycles. The first-order valence-electron chi connectivity index (χ1n) is 7.51. The number of phenolic OH excluding ortho intramolecular Hbond substituents is 2. The van der Waals surface area contributed by atoms with Gasteiger partial charge in [-0.1, -0.05) is 18.2 Å². The predicted octanol–water partition coefficient (Wildman–Crippen LogP) is 2.83. The van der Waals surface area contributed by atoms with Crippen LogP contribution in [0.3, 0.4) is 0 Å². The van der Waals surface area contributed by atoms with Gasteiger partial charge in [0.05, 0.1) is 6.04 Å². The lowest BCUT2D eigenvalue weighted by atomic mass is 10.1. The molecule has 1 amide bonds. The molecule has 0 bridgehead atoms. The number of phenols is 2. The maximum absolute atomic E-state index is 12.1. The van der Waals surface area contributed by atoms with Crippen LogP contribution in [0.1, 0.15) is 35.6 Å². The number of nitrogens with one attached hydrogen (secondary N) is 1. The average Bonchev–Trinajstić information content (AvgIpc) is 2.88. The van der Waals surface area contributed by atoms with Crippen LogP contribution in [0.25, 0.3) is 0 Å². The molecule has 4 heteroatoms. The van der Waals surface area contributed by atoms with Gasteiger partial charge >= 0.3 is 0 Å². The van der Waals surface area contributed by atoms with E-state index in [0.717, 1.165) is 24.0 Å². The summed E-state index contributed by atoms with van der Waals surface area (Å²) in [5.74, 6) is 0.447. The summed E-state index contributed by atoms with van der Waals surface area (Å²) in [6.07, 6.45) is 2.78. The molecule has 4 nitrogen and oxygen atoms in total. The topological polar surface area (TPSA) is 69.6 Å². The number of hydrogen-bond donors (Lipinski definition) is 3. The molecule has 0 fully saturated rings. The molecule has 0 aliphatic heterocycles. The number of rotatable bonds is 4. The van der Waals surface area contributed by atoms with Gasteiger partial charge in [0.2, 0.25) is 5.91 Å². The third-order valence-corrected chi connectivity index (χ3v) is 4.09. The number of carbonyl (C=O) groups is 1. The maximum Gasteiger partial charge on any atom is 0.220 e. The standard InChI is InChI=1S/C18H19NO3/c20-14-3-1-2-12(10-14)4-9-18(22)19-17-8-6-13-5-7-15(21)11-16(13)17/h1-3,5,7,10-11,17,20-21H,4,6,8-9H2,(H,19,22). The van der Waals surface area contributed by atoms with E-state index in [2.05, 4.69) is 5.32 Å². The molecule has 0 saturated carbocycles. The van der Waals surface area contributed by atoms with E-state index in [4.69, 9.17) is 0 Å². The Hall–Kier alpha value is -2.49. The van der Waals surface area contributed by atoms with Gasteiger partial charge in [-0.2, -0.15) is 0 Å². The fourth-order valence-electron chi connectivity index (χ4n) is 2.98. The van der Waals surface area contributed by atoms with Crippen molar-refractivity contribution in [2.24, 2.45) is 0 Å². The van der Waals surface area contributed by atoms with Crippen LogP contribution in [0.5, 0.6) is 11.5 Å². The number of amides is 1. The molecule has 1 unspecified atom stereocenters. The zero-order chi connectivity index (χ0) is 15.5. The van der Waals surface area contributed by atoms with Crippen molar-refractivity contribution in [1.82, 2.24) is 5.32 Å². The van der Waals surface area contributed by atoms with Gasteiger partial charge in [-0.05, 0) is 60.2 Å². The number of fused-ring (bicyclic) bond motifs is 1. The van der Waals surface area contributed by atoms with E-state index in [1.165, 1.54) is 5.56 Å². The van der Waals surface area contributed by atoms with Crippen molar-refractivity contribution in [2.75, 3.05) is 0 Å². The third-order valence-electron chi connectivity index (χ3n) is 4.09. The fraction of sp³-hybridized carbons (Fsp3) is 0.278. The molecule has 22 heavy (non-hydrogen) atoms. The summed E-state index contributed by atoms with van der Waals surface area (Å²) in [4.78, 5) is 12.1. The van der Waals surface area contributed by atoms with Crippen molar-refractivity contribution in [2.45, 2.75) is 31.7 Å². The fourth-order valence-corrected chi connectivity index (χ4v) is 2.98. The van der Waals surface area contributed by atoms with E-state index < -0.39 is 0 Å². The lowest BCUT2D eigenvalue weighted by molar-refractivity contribution is -0.121. The van der Waals surface area contributed by atoms with Crippen LogP contribution >= 0.6 is 0 Å².